The molecule has 18 heavy (non-hydrogen) atoms. The van der Waals surface area contributed by atoms with Gasteiger partial charge in [-0.3, -0.25) is 4.79 Å². The molecule has 2 rings (SSSR count). The van der Waals surface area contributed by atoms with Gasteiger partial charge in [0.05, 0.1) is 17.0 Å². The van der Waals surface area contributed by atoms with Gasteiger partial charge in [0.25, 0.3) is 0 Å². The molecule has 0 N–H and O–H groups in total. The number of Topliss-reactive ketones (excluding diaryl/α,β-unsaturated/α-hetero) is 1. The highest BCUT2D eigenvalue weighted by Crippen LogP contribution is 2.27. The summed E-state index contributed by atoms with van der Waals surface area (Å²) >= 11 is 13.1. The maximum absolute atomic E-state index is 12.2. The molecule has 0 amide bonds. The third-order valence-corrected chi connectivity index (χ3v) is 3.89. The first-order valence-electron chi connectivity index (χ1n) is 5.21. The summed E-state index contributed by atoms with van der Waals surface area (Å²) in [5.41, 5.74) is 0.534. The Morgan fingerprint density at radius 3 is 2.67 bits per heavy atom. The number of ether oxygens (including phenoxy) is 1. The van der Waals surface area contributed by atoms with Crippen molar-refractivity contribution < 1.29 is 9.53 Å². The normalized spacial score (nSPS) is 10.4. The monoisotopic (exact) mass is 300 g/mol. The Labute approximate surface area is 119 Å². The van der Waals surface area contributed by atoms with Gasteiger partial charge in [-0.05, 0) is 30.3 Å². The fraction of sp³-hybridized carbons (Fsp3) is 0.154. The van der Waals surface area contributed by atoms with E-state index < -0.39 is 0 Å². The molecule has 0 saturated heterocycles. The van der Waals surface area contributed by atoms with Gasteiger partial charge in [0.2, 0.25) is 0 Å². The topological polar surface area (TPSA) is 26.3 Å². The first kappa shape index (κ1) is 13.4. The van der Waals surface area contributed by atoms with Gasteiger partial charge in [0, 0.05) is 16.3 Å². The van der Waals surface area contributed by atoms with Crippen molar-refractivity contribution in [3.8, 4) is 5.75 Å². The van der Waals surface area contributed by atoms with Gasteiger partial charge in [-0.15, -0.1) is 11.3 Å². The number of halogens is 2. The van der Waals surface area contributed by atoms with Crippen LogP contribution >= 0.6 is 34.5 Å². The Kier molecular flexibility index (Phi) is 4.27. The van der Waals surface area contributed by atoms with Crippen molar-refractivity contribution >= 4 is 40.3 Å². The van der Waals surface area contributed by atoms with Crippen LogP contribution in [0.5, 0.6) is 5.75 Å². The molecule has 0 aliphatic rings. The molecule has 0 aliphatic heterocycles. The van der Waals surface area contributed by atoms with Crippen LogP contribution in [0, 0.1) is 0 Å². The molecule has 94 valence electrons. The van der Waals surface area contributed by atoms with Crippen LogP contribution < -0.4 is 4.74 Å². The summed E-state index contributed by atoms with van der Waals surface area (Å²) in [4.78, 5) is 13.1. The van der Waals surface area contributed by atoms with E-state index >= 15 is 0 Å². The molecule has 2 aromatic rings. The summed E-state index contributed by atoms with van der Waals surface area (Å²) in [7, 11) is 1.52. The van der Waals surface area contributed by atoms with E-state index in [-0.39, 0.29) is 5.78 Å². The molecule has 0 saturated carbocycles. The molecule has 2 nitrogen and oxygen atoms in total. The fourth-order valence-corrected chi connectivity index (χ4v) is 2.84. The Bertz CT molecular complexity index is 578. The summed E-state index contributed by atoms with van der Waals surface area (Å²) in [6, 6.07) is 8.63. The Morgan fingerprint density at radius 2 is 2.06 bits per heavy atom. The fourth-order valence-electron chi connectivity index (χ4n) is 1.60. The van der Waals surface area contributed by atoms with E-state index in [1.807, 2.05) is 6.07 Å². The predicted octanol–water partition coefficient (Wildman–Crippen LogP) is 4.49. The van der Waals surface area contributed by atoms with Gasteiger partial charge < -0.3 is 4.74 Å². The zero-order valence-electron chi connectivity index (χ0n) is 9.57. The van der Waals surface area contributed by atoms with Crippen molar-refractivity contribution in [3.63, 3.8) is 0 Å². The second-order valence-electron chi connectivity index (χ2n) is 3.65. The molecule has 0 radical (unpaired) electrons. The van der Waals surface area contributed by atoms with Gasteiger partial charge in [0.1, 0.15) is 5.75 Å². The molecule has 1 aromatic heterocycles. The number of carbonyl (C=O) groups excluding carboxylic acids is 1. The average molecular weight is 301 g/mol. The van der Waals surface area contributed by atoms with Crippen LogP contribution in [0.15, 0.2) is 30.3 Å². The zero-order valence-corrected chi connectivity index (χ0v) is 11.9. The summed E-state index contributed by atoms with van der Waals surface area (Å²) in [6.07, 6.45) is 0.315. The lowest BCUT2D eigenvalue weighted by atomic mass is 10.1. The van der Waals surface area contributed by atoms with Crippen molar-refractivity contribution in [2.24, 2.45) is 0 Å². The van der Waals surface area contributed by atoms with E-state index in [0.717, 1.165) is 4.88 Å². The van der Waals surface area contributed by atoms with Gasteiger partial charge in [-0.25, -0.2) is 0 Å². The first-order chi connectivity index (χ1) is 8.60. The average Bonchev–Trinajstić information content (AvgIpc) is 2.74. The summed E-state index contributed by atoms with van der Waals surface area (Å²) in [5, 5.41) is 0.544. The van der Waals surface area contributed by atoms with Crippen molar-refractivity contribution in [3.05, 3.63) is 50.1 Å². The minimum Gasteiger partial charge on any atom is -0.496 e. The first-order valence-corrected chi connectivity index (χ1v) is 6.78. The number of hydrogen-bond acceptors (Lipinski definition) is 3. The molecular formula is C13H10Cl2O2S. The molecule has 1 aromatic carbocycles. The molecular weight excluding hydrogens is 291 g/mol. The number of thiophene rings is 1. The molecule has 0 spiro atoms. The number of ketones is 1. The largest absolute Gasteiger partial charge is 0.496 e. The van der Waals surface area contributed by atoms with Crippen LogP contribution in [-0.4, -0.2) is 12.9 Å². The second-order valence-corrected chi connectivity index (χ2v) is 5.89. The minimum absolute atomic E-state index is 0.0120. The van der Waals surface area contributed by atoms with Crippen LogP contribution in [0.2, 0.25) is 9.36 Å². The van der Waals surface area contributed by atoms with Crippen LogP contribution in [0.4, 0.5) is 0 Å². The molecule has 0 aliphatic carbocycles. The SMILES string of the molecule is COc1cc(Cl)ccc1C(=O)Cc1ccc(Cl)s1. The van der Waals surface area contributed by atoms with E-state index in [1.165, 1.54) is 18.4 Å². The highest BCUT2D eigenvalue weighted by Gasteiger charge is 2.14. The lowest BCUT2D eigenvalue weighted by Gasteiger charge is -2.07. The van der Waals surface area contributed by atoms with E-state index in [0.29, 0.717) is 27.1 Å². The number of rotatable bonds is 4. The summed E-state index contributed by atoms with van der Waals surface area (Å²) in [6.45, 7) is 0. The van der Waals surface area contributed by atoms with E-state index in [4.69, 9.17) is 27.9 Å². The maximum atomic E-state index is 12.2. The quantitative estimate of drug-likeness (QED) is 0.778. The zero-order chi connectivity index (χ0) is 13.1. The predicted molar refractivity (Wildman–Crippen MR) is 75.4 cm³/mol. The third kappa shape index (κ3) is 3.05. The van der Waals surface area contributed by atoms with Gasteiger partial charge in [-0.1, -0.05) is 23.2 Å². The Morgan fingerprint density at radius 1 is 1.28 bits per heavy atom. The molecule has 5 heteroatoms. The number of methoxy groups -OCH3 is 1. The van der Waals surface area contributed by atoms with Crippen LogP contribution in [-0.2, 0) is 6.42 Å². The minimum atomic E-state index is -0.0120. The van der Waals surface area contributed by atoms with Crippen molar-refractivity contribution in [1.82, 2.24) is 0 Å². The van der Waals surface area contributed by atoms with Gasteiger partial charge in [0.15, 0.2) is 5.78 Å². The van der Waals surface area contributed by atoms with Crippen LogP contribution in [0.1, 0.15) is 15.2 Å². The van der Waals surface area contributed by atoms with Crippen LogP contribution in [0.25, 0.3) is 0 Å². The standard InChI is InChI=1S/C13H10Cl2O2S/c1-17-12-6-8(14)2-4-10(12)11(16)7-9-3-5-13(15)18-9/h2-6H,7H2,1H3. The number of carbonyl (C=O) groups is 1. The van der Waals surface area contributed by atoms with E-state index in [1.54, 1.807) is 24.3 Å². The lowest BCUT2D eigenvalue weighted by molar-refractivity contribution is 0.0991. The molecule has 0 bridgehead atoms. The molecule has 0 unspecified atom stereocenters. The smallest absolute Gasteiger partial charge is 0.171 e. The summed E-state index contributed by atoms with van der Waals surface area (Å²) in [5.74, 6) is 0.484. The molecule has 0 fully saturated rings. The summed E-state index contributed by atoms with van der Waals surface area (Å²) < 4.78 is 5.84. The van der Waals surface area contributed by atoms with Crippen LogP contribution in [0.3, 0.4) is 0 Å². The number of benzene rings is 1. The number of hydrogen-bond donors (Lipinski definition) is 0. The second kappa shape index (κ2) is 5.74. The van der Waals surface area contributed by atoms with E-state index in [2.05, 4.69) is 0 Å². The highest BCUT2D eigenvalue weighted by molar-refractivity contribution is 7.16. The van der Waals surface area contributed by atoms with E-state index in [9.17, 15) is 4.79 Å². The highest BCUT2D eigenvalue weighted by atomic mass is 35.5. The molecule has 0 atom stereocenters. The third-order valence-electron chi connectivity index (χ3n) is 2.43. The van der Waals surface area contributed by atoms with Crippen molar-refractivity contribution in [2.45, 2.75) is 6.42 Å². The molecule has 1 heterocycles. The van der Waals surface area contributed by atoms with Crippen molar-refractivity contribution in [1.29, 1.82) is 0 Å². The maximum Gasteiger partial charge on any atom is 0.171 e. The van der Waals surface area contributed by atoms with Gasteiger partial charge >= 0.3 is 0 Å². The van der Waals surface area contributed by atoms with Gasteiger partial charge in [-0.2, -0.15) is 0 Å². The lowest BCUT2D eigenvalue weighted by Crippen LogP contribution is -2.04. The Hall–Kier alpha value is -1.03. The Balaban J connectivity index is 2.23. The van der Waals surface area contributed by atoms with Crippen molar-refractivity contribution in [2.75, 3.05) is 7.11 Å².